The van der Waals surface area contributed by atoms with Gasteiger partial charge >= 0.3 is 13.4 Å². The minimum Gasteiger partial charge on any atom is -0.412 e. The maximum atomic E-state index is 14.5. The molecule has 1 aromatic heterocycles. The van der Waals surface area contributed by atoms with Crippen LogP contribution in [0.4, 0.5) is 0 Å². The van der Waals surface area contributed by atoms with Crippen LogP contribution in [0.1, 0.15) is 25.0 Å². The molecule has 16 nitrogen and oxygen atoms in total. The Kier molecular flexibility index (Phi) is 9.38. The van der Waals surface area contributed by atoms with Crippen LogP contribution >= 0.6 is 23.7 Å². The van der Waals surface area contributed by atoms with E-state index in [4.69, 9.17) is 23.3 Å². The highest BCUT2D eigenvalue weighted by atomic mass is 79.9. The number of rotatable bonds is 11. The average molecular weight is 731 g/mol. The summed E-state index contributed by atoms with van der Waals surface area (Å²) in [5.74, 6) is 0.118. The predicted octanol–water partition coefficient (Wildman–Crippen LogP) is 3.96. The number of hydrogen-bond acceptors (Lipinski definition) is 11. The van der Waals surface area contributed by atoms with Crippen LogP contribution in [0.5, 0.6) is 5.75 Å². The molecule has 0 amide bonds. The summed E-state index contributed by atoms with van der Waals surface area (Å²) in [6.45, 7) is 0.693. The van der Waals surface area contributed by atoms with Crippen LogP contribution in [0.2, 0.25) is 0 Å². The number of aliphatic hydroxyl groups excluding tert-OH is 2. The molecule has 2 aliphatic heterocycles. The molecule has 246 valence electrons. The minimum atomic E-state index is -4.51. The van der Waals surface area contributed by atoms with Crippen molar-refractivity contribution in [2.24, 2.45) is 5.11 Å². The number of hydrogen-bond donors (Lipinski definition) is 4. The first kappa shape index (κ1) is 33.1. The van der Waals surface area contributed by atoms with Gasteiger partial charge in [0.2, 0.25) is 5.72 Å². The molecule has 18 heteroatoms. The van der Waals surface area contributed by atoms with E-state index >= 15 is 0 Å². The fourth-order valence-corrected chi connectivity index (χ4v) is 7.44. The molecular formula is C29H28BrN6O10P. The molecule has 3 heterocycles. The van der Waals surface area contributed by atoms with Crippen molar-refractivity contribution in [1.82, 2.24) is 14.6 Å². The summed E-state index contributed by atoms with van der Waals surface area (Å²) in [6.07, 6.45) is -5.95. The summed E-state index contributed by atoms with van der Waals surface area (Å²) in [5.41, 5.74) is 6.08. The summed E-state index contributed by atoms with van der Waals surface area (Å²) in [4.78, 5) is 28.7. The molecular weight excluding hydrogens is 703 g/mol. The number of aromatic amines is 1. The second kappa shape index (κ2) is 13.3. The molecule has 3 aromatic carbocycles. The lowest BCUT2D eigenvalue weighted by Crippen LogP contribution is -2.49. The molecule has 47 heavy (non-hydrogen) atoms. The van der Waals surface area contributed by atoms with E-state index in [1.54, 1.807) is 19.1 Å². The third-order valence-corrected chi connectivity index (χ3v) is 10.0. The molecule has 6 rings (SSSR count). The first-order valence-corrected chi connectivity index (χ1v) is 16.5. The van der Waals surface area contributed by atoms with E-state index in [9.17, 15) is 29.9 Å². The number of aliphatic hydroxyl groups is 2. The van der Waals surface area contributed by atoms with Gasteiger partial charge in [-0.2, -0.15) is 0 Å². The number of halogens is 1. The molecule has 0 spiro atoms. The van der Waals surface area contributed by atoms with Gasteiger partial charge in [0.15, 0.2) is 18.8 Å². The zero-order valence-corrected chi connectivity index (χ0v) is 26.9. The Morgan fingerprint density at radius 2 is 1.85 bits per heavy atom. The Bertz CT molecular complexity index is 1990. The molecule has 0 bridgehead atoms. The third-order valence-electron chi connectivity index (χ3n) is 7.59. The van der Waals surface area contributed by atoms with E-state index < -0.39 is 68.4 Å². The molecule has 0 aliphatic carbocycles. The first-order valence-electron chi connectivity index (χ1n) is 14.2. The topological polar surface area (TPSA) is 219 Å². The quantitative estimate of drug-likeness (QED) is 0.0749. The SMILES string of the molecule is CC(NP(=O)(OC[C@@]1(N=[N+]=[N-])O[C@@H](n2ccc(=O)[nH]c2=O)[C@H](O)[C@@H]1O)Oc1ccc2ccccc2c1Br)C1OC(c2ccccc2)O1. The number of benzene rings is 3. The monoisotopic (exact) mass is 730 g/mol. The van der Waals surface area contributed by atoms with E-state index in [1.165, 1.54) is 0 Å². The summed E-state index contributed by atoms with van der Waals surface area (Å²) >= 11 is 3.50. The Balaban J connectivity index is 1.28. The van der Waals surface area contributed by atoms with Crippen LogP contribution in [0.15, 0.2) is 98.2 Å². The van der Waals surface area contributed by atoms with E-state index in [-0.39, 0.29) is 5.75 Å². The van der Waals surface area contributed by atoms with Crippen LogP contribution in [-0.2, 0) is 23.3 Å². The van der Waals surface area contributed by atoms with Gasteiger partial charge in [-0.05, 0) is 45.2 Å². The lowest BCUT2D eigenvalue weighted by molar-refractivity contribution is -0.395. The molecule has 2 saturated heterocycles. The number of azide groups is 1. The fourth-order valence-electron chi connectivity index (χ4n) is 5.18. The highest BCUT2D eigenvalue weighted by Crippen LogP contribution is 2.51. The molecule has 4 N–H and O–H groups in total. The van der Waals surface area contributed by atoms with E-state index in [2.05, 4.69) is 31.0 Å². The predicted molar refractivity (Wildman–Crippen MR) is 169 cm³/mol. The lowest BCUT2D eigenvalue weighted by Gasteiger charge is -2.40. The van der Waals surface area contributed by atoms with Crippen LogP contribution in [0, 0.1) is 0 Å². The number of nitrogens with one attached hydrogen (secondary N) is 2. The molecule has 2 fully saturated rings. The van der Waals surface area contributed by atoms with Crippen LogP contribution in [-0.4, -0.2) is 56.6 Å². The summed E-state index contributed by atoms with van der Waals surface area (Å²) < 4.78 is 45.0. The number of H-pyrrole nitrogens is 1. The Hall–Kier alpha value is -3.86. The number of nitrogens with zero attached hydrogens (tertiary/aromatic N) is 4. The van der Waals surface area contributed by atoms with Crippen LogP contribution < -0.4 is 20.9 Å². The third kappa shape index (κ3) is 6.64. The molecule has 2 aliphatic rings. The zero-order chi connectivity index (χ0) is 33.3. The lowest BCUT2D eigenvalue weighted by atomic mass is 10.1. The van der Waals surface area contributed by atoms with E-state index in [0.29, 0.717) is 4.47 Å². The van der Waals surface area contributed by atoms with E-state index in [0.717, 1.165) is 33.2 Å². The van der Waals surface area contributed by atoms with Crippen molar-refractivity contribution < 1.29 is 38.0 Å². The first-order chi connectivity index (χ1) is 22.5. The van der Waals surface area contributed by atoms with Crippen molar-refractivity contribution in [3.05, 3.63) is 120 Å². The van der Waals surface area contributed by atoms with Gasteiger partial charge in [-0.1, -0.05) is 65.8 Å². The number of fused-ring (bicyclic) bond motifs is 1. The summed E-state index contributed by atoms with van der Waals surface area (Å²) in [7, 11) is -4.51. The summed E-state index contributed by atoms with van der Waals surface area (Å²) in [5, 5.41) is 29.8. The van der Waals surface area contributed by atoms with Crippen LogP contribution in [0.25, 0.3) is 21.2 Å². The Morgan fingerprint density at radius 3 is 2.57 bits per heavy atom. The van der Waals surface area contributed by atoms with Crippen molar-refractivity contribution in [3.8, 4) is 5.75 Å². The fraction of sp³-hybridized carbons (Fsp3) is 0.310. The smallest absolute Gasteiger partial charge is 0.412 e. The molecule has 4 aromatic rings. The zero-order valence-electron chi connectivity index (χ0n) is 24.5. The van der Waals surface area contributed by atoms with Crippen LogP contribution in [0.3, 0.4) is 0 Å². The largest absolute Gasteiger partial charge is 0.459 e. The van der Waals surface area contributed by atoms with Crippen molar-refractivity contribution in [2.45, 2.75) is 49.7 Å². The highest BCUT2D eigenvalue weighted by Gasteiger charge is 2.56. The van der Waals surface area contributed by atoms with Crippen molar-refractivity contribution in [1.29, 1.82) is 0 Å². The minimum absolute atomic E-state index is 0.118. The second-order valence-electron chi connectivity index (χ2n) is 10.8. The molecule has 2 unspecified atom stereocenters. The van der Waals surface area contributed by atoms with Crippen molar-refractivity contribution in [3.63, 3.8) is 0 Å². The maximum Gasteiger partial charge on any atom is 0.459 e. The molecule has 0 radical (unpaired) electrons. The Morgan fingerprint density at radius 1 is 1.13 bits per heavy atom. The van der Waals surface area contributed by atoms with Gasteiger partial charge in [-0.25, -0.2) is 14.4 Å². The average Bonchev–Trinajstić information content (AvgIpc) is 3.27. The van der Waals surface area contributed by atoms with Crippen molar-refractivity contribution in [2.75, 3.05) is 6.61 Å². The second-order valence-corrected chi connectivity index (χ2v) is 13.2. The molecule has 0 saturated carbocycles. The van der Waals surface area contributed by atoms with Gasteiger partial charge in [0.25, 0.3) is 5.56 Å². The van der Waals surface area contributed by atoms with Gasteiger partial charge in [0.1, 0.15) is 18.0 Å². The van der Waals surface area contributed by atoms with Gasteiger partial charge in [-0.15, -0.1) is 0 Å². The normalized spacial score (nSPS) is 27.4. The maximum absolute atomic E-state index is 14.5. The number of ether oxygens (including phenoxy) is 3. The highest BCUT2D eigenvalue weighted by molar-refractivity contribution is 9.10. The summed E-state index contributed by atoms with van der Waals surface area (Å²) in [6, 6.07) is 20.1. The molecule has 6 atom stereocenters. The van der Waals surface area contributed by atoms with E-state index in [1.807, 2.05) is 59.6 Å². The Labute approximate surface area is 274 Å². The number of aromatic nitrogens is 2. The standard InChI is InChI=1S/C29H28BrN6O10P/c1-16(26-43-27(44-26)18-8-3-2-4-9-18)33-47(41,46-20-12-11-17-7-5-6-10-19(17)22(20)30)42-15-29(34-35-31)24(39)23(38)25(45-29)36-14-13-21(37)32-28(36)40/h2-14,16,23-27,38-39H,15H2,1H3,(H,33,41)(H,32,37,40)/t16?,23-,24+,25-,26?,27?,29-,47?/m1/s1. The van der Waals surface area contributed by atoms with Gasteiger partial charge in [-0.3, -0.25) is 18.9 Å². The van der Waals surface area contributed by atoms with Gasteiger partial charge in [0, 0.05) is 22.7 Å². The van der Waals surface area contributed by atoms with Crippen molar-refractivity contribution >= 4 is 34.4 Å². The van der Waals surface area contributed by atoms with Gasteiger partial charge in [0.05, 0.1) is 17.1 Å². The van der Waals surface area contributed by atoms with Gasteiger partial charge < -0.3 is 28.9 Å².